The molecule has 4 nitrogen and oxygen atoms in total. The molecule has 0 saturated heterocycles. The van der Waals surface area contributed by atoms with E-state index in [-0.39, 0.29) is 13.5 Å². The molecule has 0 aromatic heterocycles. The molecule has 14 heavy (non-hydrogen) atoms. The zero-order valence-electron chi connectivity index (χ0n) is 7.90. The summed E-state index contributed by atoms with van der Waals surface area (Å²) in [5, 5.41) is 14.0. The van der Waals surface area contributed by atoms with Crippen molar-refractivity contribution in [3.8, 4) is 11.5 Å². The van der Waals surface area contributed by atoms with Crippen molar-refractivity contribution in [2.45, 2.75) is 0 Å². The number of benzene rings is 1. The van der Waals surface area contributed by atoms with Gasteiger partial charge in [-0.1, -0.05) is 0 Å². The van der Waals surface area contributed by atoms with Gasteiger partial charge in [0.05, 0.1) is 14.2 Å². The maximum absolute atomic E-state index is 12.6. The molecule has 2 N–H and O–H groups in total. The number of hydrogen-bond donors (Lipinski definition) is 2. The molecular formula is C8H11BFO4. The van der Waals surface area contributed by atoms with Gasteiger partial charge in [0.2, 0.25) is 0 Å². The van der Waals surface area contributed by atoms with E-state index >= 15 is 0 Å². The third-order valence-corrected chi connectivity index (χ3v) is 1.32. The Morgan fingerprint density at radius 2 is 1.43 bits per heavy atom. The Morgan fingerprint density at radius 1 is 1.07 bits per heavy atom. The Balaban J connectivity index is 0.000000500. The first-order valence-corrected chi connectivity index (χ1v) is 3.66. The Hall–Kier alpha value is -1.27. The summed E-state index contributed by atoms with van der Waals surface area (Å²) in [6, 6.07) is 4.20. The van der Waals surface area contributed by atoms with E-state index in [1.165, 1.54) is 26.4 Å². The van der Waals surface area contributed by atoms with Gasteiger partial charge >= 0.3 is 7.69 Å². The molecule has 0 aliphatic heterocycles. The van der Waals surface area contributed by atoms with Crippen LogP contribution in [0.5, 0.6) is 11.5 Å². The molecule has 77 valence electrons. The van der Waals surface area contributed by atoms with Gasteiger partial charge in [-0.05, 0) is 0 Å². The lowest BCUT2D eigenvalue weighted by molar-refractivity contribution is 0.388. The van der Waals surface area contributed by atoms with E-state index in [9.17, 15) is 4.39 Å². The highest BCUT2D eigenvalue weighted by molar-refractivity contribution is 6.13. The van der Waals surface area contributed by atoms with Crippen molar-refractivity contribution in [1.82, 2.24) is 0 Å². The van der Waals surface area contributed by atoms with E-state index in [1.807, 2.05) is 0 Å². The van der Waals surface area contributed by atoms with Crippen molar-refractivity contribution in [3.05, 3.63) is 24.0 Å². The summed E-state index contributed by atoms with van der Waals surface area (Å²) in [7, 11) is 2.96. The molecular weight excluding hydrogens is 190 g/mol. The molecule has 0 heterocycles. The summed E-state index contributed by atoms with van der Waals surface area (Å²) in [6.45, 7) is 0. The fourth-order valence-corrected chi connectivity index (χ4v) is 0.773. The molecule has 1 aromatic carbocycles. The highest BCUT2D eigenvalue weighted by atomic mass is 19.1. The Kier molecular flexibility index (Phi) is 6.52. The van der Waals surface area contributed by atoms with Crippen LogP contribution < -0.4 is 9.47 Å². The zero-order valence-corrected chi connectivity index (χ0v) is 7.90. The number of hydrogen-bond acceptors (Lipinski definition) is 4. The molecule has 0 spiro atoms. The first-order valence-electron chi connectivity index (χ1n) is 3.66. The fraction of sp³-hybridized carbons (Fsp3) is 0.250. The molecule has 0 fully saturated rings. The standard InChI is InChI=1S/C8H9FO2.BH2O2/c1-10-7-3-6(9)4-8(5-7)11-2;2-1-3/h3-5H,1-2H3;2-3H. The predicted molar refractivity (Wildman–Crippen MR) is 49.7 cm³/mol. The average Bonchev–Trinajstić information content (AvgIpc) is 2.18. The monoisotopic (exact) mass is 201 g/mol. The molecule has 0 aliphatic carbocycles. The summed E-state index contributed by atoms with van der Waals surface area (Å²) in [5.41, 5.74) is 0. The first-order chi connectivity index (χ1) is 6.67. The maximum atomic E-state index is 12.6. The van der Waals surface area contributed by atoms with Crippen LogP contribution >= 0.6 is 0 Å². The topological polar surface area (TPSA) is 58.9 Å². The van der Waals surface area contributed by atoms with Gasteiger partial charge in [0.15, 0.2) is 0 Å². The van der Waals surface area contributed by atoms with Crippen LogP contribution in [0.15, 0.2) is 18.2 Å². The van der Waals surface area contributed by atoms with E-state index in [4.69, 9.17) is 19.5 Å². The average molecular weight is 201 g/mol. The minimum atomic E-state index is -0.360. The van der Waals surface area contributed by atoms with Crippen LogP contribution in [0.4, 0.5) is 4.39 Å². The lowest BCUT2D eigenvalue weighted by Gasteiger charge is -2.02. The van der Waals surface area contributed by atoms with Gasteiger partial charge in [-0.3, -0.25) is 0 Å². The smallest absolute Gasteiger partial charge is 0.482 e. The molecule has 6 heteroatoms. The normalized spacial score (nSPS) is 8.36. The van der Waals surface area contributed by atoms with Crippen LogP contribution in [0.2, 0.25) is 0 Å². The van der Waals surface area contributed by atoms with Gasteiger partial charge in [0.25, 0.3) is 0 Å². The van der Waals surface area contributed by atoms with Crippen molar-refractivity contribution in [3.63, 3.8) is 0 Å². The summed E-state index contributed by atoms with van der Waals surface area (Å²) in [5.74, 6) is 0.560. The van der Waals surface area contributed by atoms with Gasteiger partial charge in [-0.15, -0.1) is 0 Å². The highest BCUT2D eigenvalue weighted by Crippen LogP contribution is 2.20. The third kappa shape index (κ3) is 4.69. The molecule has 0 aliphatic rings. The van der Waals surface area contributed by atoms with Crippen LogP contribution in [-0.2, 0) is 0 Å². The van der Waals surface area contributed by atoms with Crippen LogP contribution in [0.1, 0.15) is 0 Å². The molecule has 0 atom stereocenters. The van der Waals surface area contributed by atoms with Gasteiger partial charge in [0.1, 0.15) is 17.3 Å². The molecule has 1 aromatic rings. The largest absolute Gasteiger partial charge is 0.497 e. The minimum absolute atomic E-state index is 0. The Bertz CT molecular complexity index is 247. The SMILES string of the molecule is COc1cc(F)cc(OC)c1.O[B]O. The van der Waals surface area contributed by atoms with E-state index in [1.54, 1.807) is 6.07 Å². The number of rotatable bonds is 2. The van der Waals surface area contributed by atoms with Crippen LogP contribution in [0, 0.1) is 5.82 Å². The predicted octanol–water partition coefficient (Wildman–Crippen LogP) is 0.348. The van der Waals surface area contributed by atoms with Crippen molar-refractivity contribution in [2.24, 2.45) is 0 Å². The number of methoxy groups -OCH3 is 2. The quantitative estimate of drug-likeness (QED) is 0.677. The number of ether oxygens (including phenoxy) is 2. The van der Waals surface area contributed by atoms with Gasteiger partial charge < -0.3 is 19.5 Å². The summed E-state index contributed by atoms with van der Waals surface area (Å²) in [6.07, 6.45) is 0. The molecule has 1 radical (unpaired) electrons. The molecule has 0 bridgehead atoms. The zero-order chi connectivity index (χ0) is 11.0. The van der Waals surface area contributed by atoms with E-state index in [0.717, 1.165) is 0 Å². The first kappa shape index (κ1) is 12.7. The second-order valence-electron chi connectivity index (χ2n) is 2.15. The van der Waals surface area contributed by atoms with Gasteiger partial charge in [-0.25, -0.2) is 4.39 Å². The summed E-state index contributed by atoms with van der Waals surface area (Å²) in [4.78, 5) is 0. The van der Waals surface area contributed by atoms with E-state index in [0.29, 0.717) is 11.5 Å². The summed E-state index contributed by atoms with van der Waals surface area (Å²) < 4.78 is 22.3. The van der Waals surface area contributed by atoms with Crippen molar-refractivity contribution >= 4 is 7.69 Å². The minimum Gasteiger partial charge on any atom is -0.497 e. The highest BCUT2D eigenvalue weighted by Gasteiger charge is 1.99. The molecule has 1 rings (SSSR count). The van der Waals surface area contributed by atoms with E-state index < -0.39 is 0 Å². The van der Waals surface area contributed by atoms with Crippen LogP contribution in [0.25, 0.3) is 0 Å². The van der Waals surface area contributed by atoms with E-state index in [2.05, 4.69) is 0 Å². The van der Waals surface area contributed by atoms with Crippen LogP contribution in [-0.4, -0.2) is 32.0 Å². The lowest BCUT2D eigenvalue weighted by Crippen LogP contribution is -1.88. The van der Waals surface area contributed by atoms with Gasteiger partial charge in [-0.2, -0.15) is 0 Å². The third-order valence-electron chi connectivity index (χ3n) is 1.32. The Labute approximate surface area is 82.2 Å². The number of halogens is 1. The second-order valence-corrected chi connectivity index (χ2v) is 2.15. The lowest BCUT2D eigenvalue weighted by atomic mass is 10.3. The second kappa shape index (κ2) is 7.17. The van der Waals surface area contributed by atoms with Crippen molar-refractivity contribution in [1.29, 1.82) is 0 Å². The maximum Gasteiger partial charge on any atom is 0.482 e. The van der Waals surface area contributed by atoms with Gasteiger partial charge in [0, 0.05) is 18.2 Å². The Morgan fingerprint density at radius 3 is 1.71 bits per heavy atom. The van der Waals surface area contributed by atoms with Crippen LogP contribution in [0.3, 0.4) is 0 Å². The molecule has 0 amide bonds. The van der Waals surface area contributed by atoms with Crippen molar-refractivity contribution in [2.75, 3.05) is 14.2 Å². The van der Waals surface area contributed by atoms with Crippen molar-refractivity contribution < 1.29 is 23.9 Å². The fourth-order valence-electron chi connectivity index (χ4n) is 0.773. The molecule has 0 saturated carbocycles. The summed E-state index contributed by atoms with van der Waals surface area (Å²) >= 11 is 0. The molecule has 0 unspecified atom stereocenters.